The van der Waals surface area contributed by atoms with Crippen molar-refractivity contribution in [2.24, 2.45) is 0 Å². The highest BCUT2D eigenvalue weighted by atomic mass is 16.5. The largest absolute Gasteiger partial charge is 0.504 e. The quantitative estimate of drug-likeness (QED) is 0.754. The van der Waals surface area contributed by atoms with E-state index in [0.29, 0.717) is 5.69 Å². The highest BCUT2D eigenvalue weighted by Gasteiger charge is 2.18. The van der Waals surface area contributed by atoms with Crippen molar-refractivity contribution in [1.29, 1.82) is 0 Å². The van der Waals surface area contributed by atoms with Crippen molar-refractivity contribution < 1.29 is 14.6 Å². The number of phenols is 1. The number of hydrogen-bond donors (Lipinski definition) is 3. The zero-order valence-electron chi connectivity index (χ0n) is 12.0. The zero-order valence-corrected chi connectivity index (χ0v) is 12.0. The lowest BCUT2D eigenvalue weighted by atomic mass is 10.1. The van der Waals surface area contributed by atoms with E-state index < -0.39 is 0 Å². The molecule has 1 unspecified atom stereocenters. The van der Waals surface area contributed by atoms with Gasteiger partial charge >= 0.3 is 0 Å². The van der Waals surface area contributed by atoms with Crippen LogP contribution in [0.3, 0.4) is 0 Å². The van der Waals surface area contributed by atoms with E-state index in [9.17, 15) is 9.90 Å². The summed E-state index contributed by atoms with van der Waals surface area (Å²) in [6.07, 6.45) is 0. The molecule has 4 N–H and O–H groups in total. The van der Waals surface area contributed by atoms with Crippen LogP contribution in [-0.4, -0.2) is 18.1 Å². The number of aromatic hydroxyl groups is 1. The van der Waals surface area contributed by atoms with Gasteiger partial charge in [0.15, 0.2) is 11.5 Å². The number of ether oxygens (including phenoxy) is 1. The summed E-state index contributed by atoms with van der Waals surface area (Å²) in [5.41, 5.74) is 7.49. The van der Waals surface area contributed by atoms with Crippen molar-refractivity contribution in [2.45, 2.75) is 13.0 Å². The van der Waals surface area contributed by atoms with Gasteiger partial charge in [0.2, 0.25) is 0 Å². The van der Waals surface area contributed by atoms with Crippen LogP contribution in [-0.2, 0) is 0 Å². The van der Waals surface area contributed by atoms with E-state index in [2.05, 4.69) is 5.32 Å². The van der Waals surface area contributed by atoms with Crippen molar-refractivity contribution in [3.8, 4) is 11.5 Å². The minimum atomic E-state index is -0.387. The zero-order chi connectivity index (χ0) is 15.4. The van der Waals surface area contributed by atoms with Crippen LogP contribution in [0, 0.1) is 0 Å². The van der Waals surface area contributed by atoms with Crippen LogP contribution in [0.4, 0.5) is 5.69 Å². The highest BCUT2D eigenvalue weighted by Crippen LogP contribution is 2.30. The van der Waals surface area contributed by atoms with Gasteiger partial charge < -0.3 is 20.9 Å². The second kappa shape index (κ2) is 6.17. The van der Waals surface area contributed by atoms with Gasteiger partial charge in [-0.3, -0.25) is 4.79 Å². The SMILES string of the molecule is COc1cccc(C(=O)NC(C)c2ccccc2N)c1O. The first-order valence-corrected chi connectivity index (χ1v) is 6.55. The molecule has 0 saturated heterocycles. The molecule has 0 aliphatic heterocycles. The third-order valence-corrected chi connectivity index (χ3v) is 3.27. The number of carbonyl (C=O) groups is 1. The minimum Gasteiger partial charge on any atom is -0.504 e. The Bertz CT molecular complexity index is 656. The molecule has 0 aliphatic carbocycles. The molecule has 5 nitrogen and oxygen atoms in total. The van der Waals surface area contributed by atoms with Gasteiger partial charge in [-0.2, -0.15) is 0 Å². The number of nitrogens with two attached hydrogens (primary N) is 1. The Morgan fingerprint density at radius 1 is 1.24 bits per heavy atom. The van der Waals surface area contributed by atoms with Crippen LogP contribution in [0.1, 0.15) is 28.9 Å². The van der Waals surface area contributed by atoms with E-state index in [0.717, 1.165) is 5.56 Å². The number of anilines is 1. The summed E-state index contributed by atoms with van der Waals surface area (Å²) in [4.78, 5) is 12.3. The predicted molar refractivity (Wildman–Crippen MR) is 81.4 cm³/mol. The molecule has 0 bridgehead atoms. The van der Waals surface area contributed by atoms with Gasteiger partial charge in [0.25, 0.3) is 5.91 Å². The molecule has 0 radical (unpaired) electrons. The summed E-state index contributed by atoms with van der Waals surface area (Å²) in [6.45, 7) is 1.83. The van der Waals surface area contributed by atoms with E-state index in [1.165, 1.54) is 13.2 Å². The molecule has 110 valence electrons. The number of benzene rings is 2. The number of phenolic OH excluding ortho intramolecular Hbond substituents is 1. The predicted octanol–water partition coefficient (Wildman–Crippen LogP) is 2.47. The topological polar surface area (TPSA) is 84.6 Å². The Hall–Kier alpha value is -2.69. The second-order valence-corrected chi connectivity index (χ2v) is 4.68. The van der Waals surface area contributed by atoms with E-state index in [4.69, 9.17) is 10.5 Å². The number of rotatable bonds is 4. The molecular formula is C16H18N2O3. The monoisotopic (exact) mass is 286 g/mol. The number of methoxy groups -OCH3 is 1. The van der Waals surface area contributed by atoms with Crippen molar-refractivity contribution >= 4 is 11.6 Å². The number of amides is 1. The maximum atomic E-state index is 12.3. The molecule has 2 aromatic carbocycles. The van der Waals surface area contributed by atoms with Crippen LogP contribution in [0.25, 0.3) is 0 Å². The summed E-state index contributed by atoms with van der Waals surface area (Å²) in [5, 5.41) is 12.8. The fraction of sp³-hybridized carbons (Fsp3) is 0.188. The lowest BCUT2D eigenvalue weighted by molar-refractivity contribution is 0.0936. The average Bonchev–Trinajstić information content (AvgIpc) is 2.47. The number of nitrogen functional groups attached to an aromatic ring is 1. The van der Waals surface area contributed by atoms with Crippen molar-refractivity contribution in [1.82, 2.24) is 5.32 Å². The summed E-state index contributed by atoms with van der Waals surface area (Å²) >= 11 is 0. The smallest absolute Gasteiger partial charge is 0.255 e. The number of nitrogens with one attached hydrogen (secondary N) is 1. The molecule has 0 aliphatic rings. The van der Waals surface area contributed by atoms with Crippen LogP contribution in [0.5, 0.6) is 11.5 Å². The van der Waals surface area contributed by atoms with Gasteiger partial charge in [0.1, 0.15) is 0 Å². The van der Waals surface area contributed by atoms with Gasteiger partial charge in [0, 0.05) is 5.69 Å². The van der Waals surface area contributed by atoms with Gasteiger partial charge in [0.05, 0.1) is 18.7 Å². The van der Waals surface area contributed by atoms with E-state index >= 15 is 0 Å². The van der Waals surface area contributed by atoms with Gasteiger partial charge in [-0.15, -0.1) is 0 Å². The van der Waals surface area contributed by atoms with Gasteiger partial charge in [-0.05, 0) is 30.7 Å². The fourth-order valence-electron chi connectivity index (χ4n) is 2.13. The second-order valence-electron chi connectivity index (χ2n) is 4.68. The van der Waals surface area contributed by atoms with Crippen molar-refractivity contribution in [3.05, 3.63) is 53.6 Å². The maximum absolute atomic E-state index is 12.3. The van der Waals surface area contributed by atoms with Crippen LogP contribution >= 0.6 is 0 Å². The average molecular weight is 286 g/mol. The molecule has 2 aromatic rings. The third kappa shape index (κ3) is 3.08. The Labute approximate surface area is 123 Å². The normalized spacial score (nSPS) is 11.7. The molecule has 2 rings (SSSR count). The van der Waals surface area contributed by atoms with Crippen molar-refractivity contribution in [2.75, 3.05) is 12.8 Å². The third-order valence-electron chi connectivity index (χ3n) is 3.27. The molecule has 0 spiro atoms. The first-order chi connectivity index (χ1) is 10.0. The molecular weight excluding hydrogens is 268 g/mol. The molecule has 5 heteroatoms. The lowest BCUT2D eigenvalue weighted by Crippen LogP contribution is -2.27. The molecule has 21 heavy (non-hydrogen) atoms. The Morgan fingerprint density at radius 2 is 1.95 bits per heavy atom. The summed E-state index contributed by atoms with van der Waals surface area (Å²) in [7, 11) is 1.43. The van der Waals surface area contributed by atoms with Crippen LogP contribution < -0.4 is 15.8 Å². The van der Waals surface area contributed by atoms with Crippen molar-refractivity contribution in [3.63, 3.8) is 0 Å². The van der Waals surface area contributed by atoms with E-state index in [1.807, 2.05) is 25.1 Å². The fourth-order valence-corrected chi connectivity index (χ4v) is 2.13. The maximum Gasteiger partial charge on any atom is 0.255 e. The number of carbonyl (C=O) groups excluding carboxylic acids is 1. The Balaban J connectivity index is 2.21. The number of para-hydroxylation sites is 2. The molecule has 0 heterocycles. The molecule has 0 aromatic heterocycles. The molecule has 0 fully saturated rings. The van der Waals surface area contributed by atoms with Gasteiger partial charge in [-0.25, -0.2) is 0 Å². The minimum absolute atomic E-state index is 0.163. The Kier molecular flexibility index (Phi) is 4.33. The molecule has 1 amide bonds. The molecule has 0 saturated carbocycles. The molecule has 1 atom stereocenters. The van der Waals surface area contributed by atoms with E-state index in [-0.39, 0.29) is 29.0 Å². The summed E-state index contributed by atoms with van der Waals surface area (Å²) in [5.74, 6) is -0.303. The standard InChI is InChI=1S/C16H18N2O3/c1-10(11-6-3-4-8-13(11)17)18-16(20)12-7-5-9-14(21-2)15(12)19/h3-10,19H,17H2,1-2H3,(H,18,20). The number of hydrogen-bond acceptors (Lipinski definition) is 4. The van der Waals surface area contributed by atoms with Crippen LogP contribution in [0.2, 0.25) is 0 Å². The summed E-state index contributed by atoms with van der Waals surface area (Å²) < 4.78 is 4.99. The van der Waals surface area contributed by atoms with Crippen LogP contribution in [0.15, 0.2) is 42.5 Å². The summed E-state index contributed by atoms with van der Waals surface area (Å²) in [6, 6.07) is 11.8. The first kappa shape index (κ1) is 14.7. The van der Waals surface area contributed by atoms with Gasteiger partial charge in [-0.1, -0.05) is 24.3 Å². The Morgan fingerprint density at radius 3 is 2.62 bits per heavy atom. The first-order valence-electron chi connectivity index (χ1n) is 6.55. The highest BCUT2D eigenvalue weighted by molar-refractivity contribution is 5.97. The van der Waals surface area contributed by atoms with E-state index in [1.54, 1.807) is 18.2 Å². The lowest BCUT2D eigenvalue weighted by Gasteiger charge is -2.17.